The third kappa shape index (κ3) is 4.43. The molecule has 6 heteroatoms. The maximum absolute atomic E-state index is 12.3. The van der Waals surface area contributed by atoms with Gasteiger partial charge in [0.2, 0.25) is 5.75 Å². The van der Waals surface area contributed by atoms with Crippen LogP contribution in [0.15, 0.2) is 12.1 Å². The van der Waals surface area contributed by atoms with Gasteiger partial charge in [-0.2, -0.15) is 0 Å². The molecule has 1 amide bonds. The van der Waals surface area contributed by atoms with Gasteiger partial charge in [0.1, 0.15) is 0 Å². The Balaban J connectivity index is 2.94. The molecule has 0 aliphatic rings. The van der Waals surface area contributed by atoms with Crippen LogP contribution in [-0.2, 0) is 0 Å². The monoisotopic (exact) mass is 315 g/mol. The summed E-state index contributed by atoms with van der Waals surface area (Å²) in [6.07, 6.45) is 1.83. The maximum Gasteiger partial charge on any atom is 0.255 e. The molecule has 1 unspecified atom stereocenters. The minimum atomic E-state index is -0.255. The van der Waals surface area contributed by atoms with Crippen LogP contribution in [0.4, 0.5) is 0 Å². The summed E-state index contributed by atoms with van der Waals surface area (Å²) in [5, 5.41) is 2.72. The number of benzene rings is 1. The molecule has 0 spiro atoms. The van der Waals surface area contributed by atoms with Crippen molar-refractivity contribution in [1.29, 1.82) is 0 Å². The molecule has 0 saturated carbocycles. The van der Waals surface area contributed by atoms with E-state index in [1.165, 1.54) is 21.3 Å². The van der Waals surface area contributed by atoms with Crippen LogP contribution in [0.1, 0.15) is 30.1 Å². The lowest BCUT2D eigenvalue weighted by atomic mass is 10.1. The zero-order valence-electron chi connectivity index (χ0n) is 12.9. The highest BCUT2D eigenvalue weighted by molar-refractivity contribution is 6.21. The number of alkyl halides is 1. The number of ether oxygens (including phenoxy) is 3. The third-order valence-electron chi connectivity index (χ3n) is 3.03. The minimum absolute atomic E-state index is 0.0786. The Bertz CT molecular complexity index is 479. The molecule has 0 aliphatic heterocycles. The van der Waals surface area contributed by atoms with E-state index < -0.39 is 0 Å². The highest BCUT2D eigenvalue weighted by Crippen LogP contribution is 2.39. The maximum atomic E-state index is 12.3. The fourth-order valence-corrected chi connectivity index (χ4v) is 2.29. The number of amides is 1. The van der Waals surface area contributed by atoms with E-state index in [9.17, 15) is 4.79 Å². The summed E-state index contributed by atoms with van der Waals surface area (Å²) in [6, 6.07) is 3.30. The van der Waals surface area contributed by atoms with Crippen molar-refractivity contribution in [1.82, 2.24) is 5.32 Å². The lowest BCUT2D eigenvalue weighted by molar-refractivity contribution is 0.0949. The average Bonchev–Trinajstić information content (AvgIpc) is 2.51. The number of nitrogens with one attached hydrogen (secondary N) is 1. The number of halogens is 1. The van der Waals surface area contributed by atoms with E-state index in [-0.39, 0.29) is 11.3 Å². The molecule has 0 saturated heterocycles. The molecular weight excluding hydrogens is 294 g/mol. The first-order chi connectivity index (χ1) is 10.1. The van der Waals surface area contributed by atoms with Crippen molar-refractivity contribution >= 4 is 17.5 Å². The lowest BCUT2D eigenvalue weighted by Crippen LogP contribution is -2.30. The Morgan fingerprint density at radius 3 is 2.38 bits per heavy atom. The predicted molar refractivity (Wildman–Crippen MR) is 83.0 cm³/mol. The molecule has 0 aliphatic carbocycles. The normalized spacial score (nSPS) is 11.7. The van der Waals surface area contributed by atoms with Crippen LogP contribution in [0.2, 0.25) is 0 Å². The van der Waals surface area contributed by atoms with Gasteiger partial charge in [-0.05, 0) is 18.6 Å². The summed E-state index contributed by atoms with van der Waals surface area (Å²) < 4.78 is 15.7. The van der Waals surface area contributed by atoms with Gasteiger partial charge < -0.3 is 19.5 Å². The molecule has 21 heavy (non-hydrogen) atoms. The highest BCUT2D eigenvalue weighted by atomic mass is 35.5. The second-order valence-electron chi connectivity index (χ2n) is 4.48. The first-order valence-corrected chi connectivity index (χ1v) is 7.23. The average molecular weight is 316 g/mol. The Hall–Kier alpha value is -1.62. The fraction of sp³-hybridized carbons (Fsp3) is 0.533. The Morgan fingerprint density at radius 2 is 1.86 bits per heavy atom. The number of carbonyl (C=O) groups excluding carboxylic acids is 1. The van der Waals surface area contributed by atoms with Crippen molar-refractivity contribution < 1.29 is 19.0 Å². The molecule has 0 fully saturated rings. The first-order valence-electron chi connectivity index (χ1n) is 6.80. The first kappa shape index (κ1) is 17.4. The van der Waals surface area contributed by atoms with E-state index >= 15 is 0 Å². The van der Waals surface area contributed by atoms with Crippen LogP contribution in [0, 0.1) is 0 Å². The van der Waals surface area contributed by atoms with Gasteiger partial charge in [0.15, 0.2) is 11.5 Å². The lowest BCUT2D eigenvalue weighted by Gasteiger charge is -2.16. The molecule has 0 heterocycles. The smallest absolute Gasteiger partial charge is 0.255 e. The van der Waals surface area contributed by atoms with Gasteiger partial charge in [0.05, 0.1) is 32.3 Å². The number of carbonyl (C=O) groups is 1. The molecule has 1 atom stereocenters. The molecular formula is C15H22ClNO4. The summed E-state index contributed by atoms with van der Waals surface area (Å²) in [4.78, 5) is 12.3. The van der Waals surface area contributed by atoms with E-state index in [1.54, 1.807) is 12.1 Å². The van der Waals surface area contributed by atoms with Crippen LogP contribution in [-0.4, -0.2) is 39.2 Å². The predicted octanol–water partition coefficient (Wildman–Crippen LogP) is 2.85. The van der Waals surface area contributed by atoms with Crippen LogP contribution in [0.5, 0.6) is 17.2 Å². The summed E-state index contributed by atoms with van der Waals surface area (Å²) >= 11 is 6.10. The van der Waals surface area contributed by atoms with Crippen LogP contribution in [0.25, 0.3) is 0 Å². The third-order valence-corrected chi connectivity index (χ3v) is 3.41. The molecule has 0 aromatic heterocycles. The van der Waals surface area contributed by atoms with Gasteiger partial charge in [-0.15, -0.1) is 11.6 Å². The quantitative estimate of drug-likeness (QED) is 0.749. The van der Waals surface area contributed by atoms with Gasteiger partial charge >= 0.3 is 0 Å². The molecule has 0 bridgehead atoms. The van der Waals surface area contributed by atoms with E-state index in [1.807, 2.05) is 0 Å². The van der Waals surface area contributed by atoms with Crippen molar-refractivity contribution in [2.45, 2.75) is 25.1 Å². The molecule has 5 nitrogen and oxygen atoms in total. The van der Waals surface area contributed by atoms with E-state index in [4.69, 9.17) is 25.8 Å². The van der Waals surface area contributed by atoms with Crippen molar-refractivity contribution in [3.63, 3.8) is 0 Å². The summed E-state index contributed by atoms with van der Waals surface area (Å²) in [5.41, 5.74) is 0.385. The summed E-state index contributed by atoms with van der Waals surface area (Å²) in [7, 11) is 4.51. The summed E-state index contributed by atoms with van der Waals surface area (Å²) in [5.74, 6) is 0.987. The van der Waals surface area contributed by atoms with Gasteiger partial charge in [-0.25, -0.2) is 0 Å². The SMILES string of the molecule is CCCC(Cl)CNC(=O)c1ccc(OC)c(OC)c1OC. The highest BCUT2D eigenvalue weighted by Gasteiger charge is 2.20. The van der Waals surface area contributed by atoms with Crippen molar-refractivity contribution in [2.24, 2.45) is 0 Å². The van der Waals surface area contributed by atoms with Gasteiger partial charge in [0.25, 0.3) is 5.91 Å². The van der Waals surface area contributed by atoms with Crippen LogP contribution in [0.3, 0.4) is 0 Å². The molecule has 1 rings (SSSR count). The minimum Gasteiger partial charge on any atom is -0.493 e. The number of hydrogen-bond donors (Lipinski definition) is 1. The Kier molecular flexibility index (Phi) is 7.15. The molecule has 1 N–H and O–H groups in total. The van der Waals surface area contributed by atoms with Crippen LogP contribution >= 0.6 is 11.6 Å². The van der Waals surface area contributed by atoms with Crippen molar-refractivity contribution in [2.75, 3.05) is 27.9 Å². The fourth-order valence-electron chi connectivity index (χ4n) is 1.99. The van der Waals surface area contributed by atoms with Gasteiger partial charge in [-0.3, -0.25) is 4.79 Å². The second kappa shape index (κ2) is 8.62. The van der Waals surface area contributed by atoms with E-state index in [0.29, 0.717) is 29.4 Å². The van der Waals surface area contributed by atoms with Crippen molar-refractivity contribution in [3.05, 3.63) is 17.7 Å². The zero-order chi connectivity index (χ0) is 15.8. The second-order valence-corrected chi connectivity index (χ2v) is 5.10. The van der Waals surface area contributed by atoms with E-state index in [0.717, 1.165) is 12.8 Å². The Morgan fingerprint density at radius 1 is 1.19 bits per heavy atom. The number of methoxy groups -OCH3 is 3. The topological polar surface area (TPSA) is 56.8 Å². The molecule has 0 radical (unpaired) electrons. The van der Waals surface area contributed by atoms with Gasteiger partial charge in [-0.1, -0.05) is 13.3 Å². The van der Waals surface area contributed by atoms with Crippen molar-refractivity contribution in [3.8, 4) is 17.2 Å². The molecule has 1 aromatic rings. The number of rotatable bonds is 8. The van der Waals surface area contributed by atoms with E-state index in [2.05, 4.69) is 12.2 Å². The molecule has 118 valence electrons. The van der Waals surface area contributed by atoms with Gasteiger partial charge in [0, 0.05) is 6.54 Å². The Labute approximate surface area is 130 Å². The zero-order valence-corrected chi connectivity index (χ0v) is 13.6. The standard InChI is InChI=1S/C15H22ClNO4/c1-5-6-10(16)9-17-15(18)11-7-8-12(19-2)14(21-4)13(11)20-3/h7-8,10H,5-6,9H2,1-4H3,(H,17,18). The number of hydrogen-bond acceptors (Lipinski definition) is 4. The largest absolute Gasteiger partial charge is 0.493 e. The summed E-state index contributed by atoms with van der Waals surface area (Å²) in [6.45, 7) is 2.46. The van der Waals surface area contributed by atoms with Crippen LogP contribution < -0.4 is 19.5 Å². The molecule has 1 aromatic carbocycles.